The lowest BCUT2D eigenvalue weighted by atomic mass is 9.73. The summed E-state index contributed by atoms with van der Waals surface area (Å²) in [5.74, 6) is 0.651. The SMILES string of the molecule is CNC(=O)N1CC(C)(C(C)C)C1. The minimum atomic E-state index is 0.0492. The first-order chi connectivity index (χ1) is 5.49. The highest BCUT2D eigenvalue weighted by Gasteiger charge is 2.42. The molecule has 0 atom stereocenters. The van der Waals surface area contributed by atoms with E-state index in [-0.39, 0.29) is 6.03 Å². The Morgan fingerprint density at radius 2 is 2.00 bits per heavy atom. The van der Waals surface area contributed by atoms with Crippen LogP contribution in [0.4, 0.5) is 4.79 Å². The Hall–Kier alpha value is -0.730. The minimum absolute atomic E-state index is 0.0492. The molecule has 3 nitrogen and oxygen atoms in total. The van der Waals surface area contributed by atoms with Crippen LogP contribution in [0.25, 0.3) is 0 Å². The zero-order valence-corrected chi connectivity index (χ0v) is 8.35. The molecule has 1 saturated heterocycles. The van der Waals surface area contributed by atoms with Crippen molar-refractivity contribution in [3.05, 3.63) is 0 Å². The average molecular weight is 170 g/mol. The molecule has 0 radical (unpaired) electrons. The van der Waals surface area contributed by atoms with Crippen molar-refractivity contribution in [3.63, 3.8) is 0 Å². The van der Waals surface area contributed by atoms with Crippen LogP contribution in [0.15, 0.2) is 0 Å². The first-order valence-electron chi connectivity index (χ1n) is 4.46. The summed E-state index contributed by atoms with van der Waals surface area (Å²) in [4.78, 5) is 13.0. The summed E-state index contributed by atoms with van der Waals surface area (Å²) >= 11 is 0. The molecule has 0 aromatic heterocycles. The van der Waals surface area contributed by atoms with Gasteiger partial charge >= 0.3 is 6.03 Å². The highest BCUT2D eigenvalue weighted by molar-refractivity contribution is 5.74. The van der Waals surface area contributed by atoms with E-state index in [1.165, 1.54) is 0 Å². The van der Waals surface area contributed by atoms with E-state index in [0.717, 1.165) is 13.1 Å². The normalized spacial score (nSPS) is 20.6. The first-order valence-corrected chi connectivity index (χ1v) is 4.46. The molecule has 0 aromatic carbocycles. The molecule has 0 unspecified atom stereocenters. The maximum absolute atomic E-state index is 11.1. The van der Waals surface area contributed by atoms with Crippen molar-refractivity contribution in [1.29, 1.82) is 0 Å². The molecule has 12 heavy (non-hydrogen) atoms. The number of likely N-dealkylation sites (tertiary alicyclic amines) is 1. The third kappa shape index (κ3) is 1.40. The van der Waals surface area contributed by atoms with Crippen molar-refractivity contribution in [2.45, 2.75) is 20.8 Å². The summed E-state index contributed by atoms with van der Waals surface area (Å²) in [6.45, 7) is 8.44. The van der Waals surface area contributed by atoms with Crippen LogP contribution in [0.1, 0.15) is 20.8 Å². The van der Waals surface area contributed by atoms with E-state index < -0.39 is 0 Å². The van der Waals surface area contributed by atoms with Gasteiger partial charge < -0.3 is 10.2 Å². The lowest BCUT2D eigenvalue weighted by Gasteiger charge is -2.50. The third-order valence-electron chi connectivity index (χ3n) is 3.00. The van der Waals surface area contributed by atoms with E-state index in [1.807, 2.05) is 4.90 Å². The van der Waals surface area contributed by atoms with E-state index in [2.05, 4.69) is 26.1 Å². The Balaban J connectivity index is 2.41. The number of amides is 2. The lowest BCUT2D eigenvalue weighted by molar-refractivity contribution is 0.00976. The summed E-state index contributed by atoms with van der Waals surface area (Å²) in [7, 11) is 1.67. The summed E-state index contributed by atoms with van der Waals surface area (Å²) in [5.41, 5.74) is 0.340. The van der Waals surface area contributed by atoms with Crippen LogP contribution in [-0.2, 0) is 0 Å². The van der Waals surface area contributed by atoms with Crippen LogP contribution in [0.5, 0.6) is 0 Å². The molecule has 3 heteroatoms. The summed E-state index contributed by atoms with van der Waals surface area (Å²) < 4.78 is 0. The third-order valence-corrected chi connectivity index (χ3v) is 3.00. The van der Waals surface area contributed by atoms with Gasteiger partial charge in [0.25, 0.3) is 0 Å². The first kappa shape index (κ1) is 9.36. The highest BCUT2D eigenvalue weighted by Crippen LogP contribution is 2.36. The van der Waals surface area contributed by atoms with Gasteiger partial charge in [0.2, 0.25) is 0 Å². The van der Waals surface area contributed by atoms with Gasteiger partial charge in [-0.05, 0) is 5.92 Å². The van der Waals surface area contributed by atoms with Gasteiger partial charge in [-0.1, -0.05) is 20.8 Å². The van der Waals surface area contributed by atoms with Gasteiger partial charge in [-0.25, -0.2) is 4.79 Å². The largest absolute Gasteiger partial charge is 0.341 e. The Bertz CT molecular complexity index is 183. The van der Waals surface area contributed by atoms with Crippen LogP contribution >= 0.6 is 0 Å². The Morgan fingerprint density at radius 1 is 1.50 bits per heavy atom. The molecule has 0 spiro atoms. The fraction of sp³-hybridized carbons (Fsp3) is 0.889. The second-order valence-electron chi connectivity index (χ2n) is 4.22. The van der Waals surface area contributed by atoms with Crippen LogP contribution < -0.4 is 5.32 Å². The molecule has 2 amide bonds. The Kier molecular flexibility index (Phi) is 2.31. The summed E-state index contributed by atoms with van der Waals surface area (Å²) in [6.07, 6.45) is 0. The number of urea groups is 1. The maximum Gasteiger partial charge on any atom is 0.317 e. The lowest BCUT2D eigenvalue weighted by Crippen LogP contribution is -2.61. The quantitative estimate of drug-likeness (QED) is 0.632. The predicted molar refractivity (Wildman–Crippen MR) is 49.0 cm³/mol. The minimum Gasteiger partial charge on any atom is -0.341 e. The topological polar surface area (TPSA) is 32.3 Å². The van der Waals surface area contributed by atoms with Crippen molar-refractivity contribution < 1.29 is 4.79 Å². The molecule has 1 rings (SSSR count). The van der Waals surface area contributed by atoms with Crippen molar-refractivity contribution in [2.24, 2.45) is 11.3 Å². The van der Waals surface area contributed by atoms with Gasteiger partial charge in [-0.3, -0.25) is 0 Å². The fourth-order valence-electron chi connectivity index (χ4n) is 1.49. The van der Waals surface area contributed by atoms with Crippen LogP contribution in [0.2, 0.25) is 0 Å². The molecule has 1 aliphatic rings. The number of carbonyl (C=O) groups is 1. The van der Waals surface area contributed by atoms with E-state index in [1.54, 1.807) is 7.05 Å². The van der Waals surface area contributed by atoms with Gasteiger partial charge in [0.1, 0.15) is 0 Å². The standard InChI is InChI=1S/C9H18N2O/c1-7(2)9(3)5-11(6-9)8(12)10-4/h7H,5-6H2,1-4H3,(H,10,12). The van der Waals surface area contributed by atoms with Crippen LogP contribution in [0.3, 0.4) is 0 Å². The fourth-order valence-corrected chi connectivity index (χ4v) is 1.49. The van der Waals surface area contributed by atoms with E-state index >= 15 is 0 Å². The van der Waals surface area contributed by atoms with Gasteiger partial charge in [-0.15, -0.1) is 0 Å². The molecular weight excluding hydrogens is 152 g/mol. The van der Waals surface area contributed by atoms with Gasteiger partial charge in [0.05, 0.1) is 0 Å². The number of carbonyl (C=O) groups excluding carboxylic acids is 1. The molecule has 1 fully saturated rings. The number of hydrogen-bond donors (Lipinski definition) is 1. The Labute approximate surface area is 74.1 Å². The number of nitrogens with zero attached hydrogens (tertiary/aromatic N) is 1. The van der Waals surface area contributed by atoms with E-state index in [4.69, 9.17) is 0 Å². The van der Waals surface area contributed by atoms with E-state index in [0.29, 0.717) is 11.3 Å². The molecule has 0 aliphatic carbocycles. The van der Waals surface area contributed by atoms with E-state index in [9.17, 15) is 4.79 Å². The Morgan fingerprint density at radius 3 is 2.33 bits per heavy atom. The average Bonchev–Trinajstić information content (AvgIpc) is 1.96. The second-order valence-corrected chi connectivity index (χ2v) is 4.22. The second kappa shape index (κ2) is 2.96. The summed E-state index contributed by atoms with van der Waals surface area (Å²) in [6, 6.07) is 0.0492. The van der Waals surface area contributed by atoms with Crippen LogP contribution in [-0.4, -0.2) is 31.1 Å². The predicted octanol–water partition coefficient (Wildman–Crippen LogP) is 1.30. The van der Waals surface area contributed by atoms with Gasteiger partial charge in [0, 0.05) is 25.6 Å². The van der Waals surface area contributed by atoms with Crippen molar-refractivity contribution in [2.75, 3.05) is 20.1 Å². The maximum atomic E-state index is 11.1. The van der Waals surface area contributed by atoms with Gasteiger partial charge in [0.15, 0.2) is 0 Å². The molecule has 1 aliphatic heterocycles. The smallest absolute Gasteiger partial charge is 0.317 e. The molecule has 0 aromatic rings. The van der Waals surface area contributed by atoms with Crippen molar-refractivity contribution >= 4 is 6.03 Å². The zero-order chi connectivity index (χ0) is 9.35. The molecule has 70 valence electrons. The number of hydrogen-bond acceptors (Lipinski definition) is 1. The monoisotopic (exact) mass is 170 g/mol. The molecule has 0 saturated carbocycles. The molecule has 0 bridgehead atoms. The molecular formula is C9H18N2O. The zero-order valence-electron chi connectivity index (χ0n) is 8.35. The molecule has 1 N–H and O–H groups in total. The molecule has 1 heterocycles. The van der Waals surface area contributed by atoms with Crippen molar-refractivity contribution in [3.8, 4) is 0 Å². The van der Waals surface area contributed by atoms with Crippen LogP contribution in [0, 0.1) is 11.3 Å². The van der Waals surface area contributed by atoms with Crippen molar-refractivity contribution in [1.82, 2.24) is 10.2 Å². The highest BCUT2D eigenvalue weighted by atomic mass is 16.2. The van der Waals surface area contributed by atoms with Gasteiger partial charge in [-0.2, -0.15) is 0 Å². The number of nitrogens with one attached hydrogen (secondary N) is 1. The number of rotatable bonds is 1. The summed E-state index contributed by atoms with van der Waals surface area (Å²) in [5, 5.41) is 2.63.